The van der Waals surface area contributed by atoms with Crippen LogP contribution in [-0.4, -0.2) is 24.6 Å². The molecule has 19 heavy (non-hydrogen) atoms. The lowest BCUT2D eigenvalue weighted by molar-refractivity contribution is 0.0523. The van der Waals surface area contributed by atoms with Gasteiger partial charge in [0.25, 0.3) is 5.91 Å². The molecule has 0 aliphatic rings. The Kier molecular flexibility index (Phi) is 4.92. The van der Waals surface area contributed by atoms with E-state index < -0.39 is 11.7 Å². The Balaban J connectivity index is 2.50. The van der Waals surface area contributed by atoms with E-state index in [-0.39, 0.29) is 5.91 Å². The van der Waals surface area contributed by atoms with E-state index in [9.17, 15) is 9.59 Å². The van der Waals surface area contributed by atoms with E-state index in [0.717, 1.165) is 5.56 Å². The van der Waals surface area contributed by atoms with Gasteiger partial charge in [-0.1, -0.05) is 12.1 Å². The van der Waals surface area contributed by atoms with Gasteiger partial charge in [0.2, 0.25) is 0 Å². The first-order valence-corrected chi connectivity index (χ1v) is 6.09. The zero-order valence-electron chi connectivity index (χ0n) is 11.7. The first-order chi connectivity index (χ1) is 8.81. The van der Waals surface area contributed by atoms with Crippen molar-refractivity contribution in [3.63, 3.8) is 0 Å². The van der Waals surface area contributed by atoms with Gasteiger partial charge in [0.1, 0.15) is 5.60 Å². The average molecular weight is 264 g/mol. The highest BCUT2D eigenvalue weighted by Gasteiger charge is 2.15. The quantitative estimate of drug-likeness (QED) is 0.878. The summed E-state index contributed by atoms with van der Waals surface area (Å²) in [6, 6.07) is 7.01. The van der Waals surface area contributed by atoms with Crippen LogP contribution in [0.2, 0.25) is 0 Å². The summed E-state index contributed by atoms with van der Waals surface area (Å²) in [6.45, 7) is 5.79. The van der Waals surface area contributed by atoms with E-state index >= 15 is 0 Å². The van der Waals surface area contributed by atoms with Crippen molar-refractivity contribution in [1.29, 1.82) is 0 Å². The van der Waals surface area contributed by atoms with Crippen LogP contribution in [0.15, 0.2) is 24.3 Å². The van der Waals surface area contributed by atoms with Gasteiger partial charge in [-0.05, 0) is 38.5 Å². The van der Waals surface area contributed by atoms with Crippen LogP contribution in [0.4, 0.5) is 4.79 Å². The Bertz CT molecular complexity index is 447. The molecule has 104 valence electrons. The number of ether oxygens (including phenoxy) is 1. The third-order valence-electron chi connectivity index (χ3n) is 2.28. The van der Waals surface area contributed by atoms with E-state index in [4.69, 9.17) is 4.74 Å². The molecule has 5 nitrogen and oxygen atoms in total. The number of hydrogen-bond donors (Lipinski definition) is 2. The first-order valence-electron chi connectivity index (χ1n) is 6.09. The molecule has 0 fully saturated rings. The largest absolute Gasteiger partial charge is 0.444 e. The highest BCUT2D eigenvalue weighted by molar-refractivity contribution is 5.93. The number of carbonyl (C=O) groups is 2. The fourth-order valence-electron chi connectivity index (χ4n) is 1.41. The summed E-state index contributed by atoms with van der Waals surface area (Å²) in [5.74, 6) is -0.133. The Labute approximate surface area is 113 Å². The highest BCUT2D eigenvalue weighted by atomic mass is 16.6. The van der Waals surface area contributed by atoms with Gasteiger partial charge in [-0.15, -0.1) is 0 Å². The third-order valence-corrected chi connectivity index (χ3v) is 2.28. The monoisotopic (exact) mass is 264 g/mol. The Morgan fingerprint density at radius 2 is 1.74 bits per heavy atom. The lowest BCUT2D eigenvalue weighted by Gasteiger charge is -2.19. The third kappa shape index (κ3) is 5.42. The zero-order valence-corrected chi connectivity index (χ0v) is 11.7. The maximum absolute atomic E-state index is 11.5. The van der Waals surface area contributed by atoms with Crippen LogP contribution >= 0.6 is 0 Å². The van der Waals surface area contributed by atoms with Gasteiger partial charge < -0.3 is 15.4 Å². The maximum Gasteiger partial charge on any atom is 0.407 e. The van der Waals surface area contributed by atoms with Gasteiger partial charge in [0, 0.05) is 19.2 Å². The number of hydrogen-bond acceptors (Lipinski definition) is 3. The Morgan fingerprint density at radius 3 is 2.21 bits per heavy atom. The van der Waals surface area contributed by atoms with E-state index in [2.05, 4.69) is 10.6 Å². The molecule has 0 unspecified atom stereocenters. The average Bonchev–Trinajstić information content (AvgIpc) is 2.34. The molecule has 1 aromatic carbocycles. The van der Waals surface area contributed by atoms with Crippen LogP contribution in [0.3, 0.4) is 0 Å². The van der Waals surface area contributed by atoms with Gasteiger partial charge in [-0.2, -0.15) is 0 Å². The summed E-state index contributed by atoms with van der Waals surface area (Å²) < 4.78 is 5.12. The summed E-state index contributed by atoms with van der Waals surface area (Å²) in [4.78, 5) is 22.8. The SMILES string of the molecule is CNC(=O)c1ccc(CNC(=O)OC(C)(C)C)cc1. The van der Waals surface area contributed by atoms with Crippen LogP contribution in [0, 0.1) is 0 Å². The molecule has 0 radical (unpaired) electrons. The predicted octanol–water partition coefficient (Wildman–Crippen LogP) is 2.07. The van der Waals surface area contributed by atoms with E-state index in [1.807, 2.05) is 20.8 Å². The smallest absolute Gasteiger partial charge is 0.407 e. The molecule has 0 atom stereocenters. The van der Waals surface area contributed by atoms with Crippen LogP contribution in [0.25, 0.3) is 0 Å². The summed E-state index contributed by atoms with van der Waals surface area (Å²) in [5, 5.41) is 5.20. The fourth-order valence-corrected chi connectivity index (χ4v) is 1.41. The van der Waals surface area contributed by atoms with E-state index in [1.54, 1.807) is 31.3 Å². The van der Waals surface area contributed by atoms with Gasteiger partial charge in [-0.3, -0.25) is 4.79 Å². The number of alkyl carbamates (subject to hydrolysis) is 1. The molecule has 1 rings (SSSR count). The summed E-state index contributed by atoms with van der Waals surface area (Å²) in [7, 11) is 1.58. The molecule has 0 aromatic heterocycles. The second kappa shape index (κ2) is 6.22. The van der Waals surface area contributed by atoms with Crippen molar-refractivity contribution >= 4 is 12.0 Å². The molecular weight excluding hydrogens is 244 g/mol. The molecule has 0 saturated carbocycles. The molecule has 1 aromatic rings. The fraction of sp³-hybridized carbons (Fsp3) is 0.429. The Hall–Kier alpha value is -2.04. The lowest BCUT2D eigenvalue weighted by atomic mass is 10.1. The molecule has 0 spiro atoms. The molecule has 0 saturated heterocycles. The normalized spacial score (nSPS) is 10.7. The summed E-state index contributed by atoms with van der Waals surface area (Å²) >= 11 is 0. The summed E-state index contributed by atoms with van der Waals surface area (Å²) in [5.41, 5.74) is 0.981. The van der Waals surface area contributed by atoms with Crippen LogP contribution in [-0.2, 0) is 11.3 Å². The molecular formula is C14H20N2O3. The number of nitrogens with one attached hydrogen (secondary N) is 2. The molecule has 0 aliphatic carbocycles. The van der Waals surface area contributed by atoms with Crippen molar-refractivity contribution < 1.29 is 14.3 Å². The van der Waals surface area contributed by atoms with Crippen LogP contribution in [0.1, 0.15) is 36.7 Å². The number of rotatable bonds is 3. The number of carbonyl (C=O) groups excluding carboxylic acids is 2. The molecule has 0 aliphatic heterocycles. The van der Waals surface area contributed by atoms with Gasteiger partial charge in [0.15, 0.2) is 0 Å². The van der Waals surface area contributed by atoms with Crippen molar-refractivity contribution in [2.24, 2.45) is 0 Å². The topological polar surface area (TPSA) is 67.4 Å². The molecule has 0 heterocycles. The molecule has 0 bridgehead atoms. The predicted molar refractivity (Wildman–Crippen MR) is 72.9 cm³/mol. The minimum absolute atomic E-state index is 0.133. The van der Waals surface area contributed by atoms with Crippen LogP contribution in [0.5, 0.6) is 0 Å². The van der Waals surface area contributed by atoms with Crippen molar-refractivity contribution in [1.82, 2.24) is 10.6 Å². The van der Waals surface area contributed by atoms with Gasteiger partial charge in [0.05, 0.1) is 0 Å². The van der Waals surface area contributed by atoms with Gasteiger partial charge >= 0.3 is 6.09 Å². The number of amides is 2. The van der Waals surface area contributed by atoms with E-state index in [1.165, 1.54) is 0 Å². The Morgan fingerprint density at radius 1 is 1.16 bits per heavy atom. The standard InChI is InChI=1S/C14H20N2O3/c1-14(2,3)19-13(18)16-9-10-5-7-11(8-6-10)12(17)15-4/h5-8H,9H2,1-4H3,(H,15,17)(H,16,18). The lowest BCUT2D eigenvalue weighted by Crippen LogP contribution is -2.32. The summed E-state index contributed by atoms with van der Waals surface area (Å²) in [6.07, 6.45) is -0.456. The van der Waals surface area contributed by atoms with Crippen molar-refractivity contribution in [2.75, 3.05) is 7.05 Å². The minimum atomic E-state index is -0.507. The van der Waals surface area contributed by atoms with Gasteiger partial charge in [-0.25, -0.2) is 4.79 Å². The number of benzene rings is 1. The molecule has 2 N–H and O–H groups in total. The second-order valence-corrected chi connectivity index (χ2v) is 5.13. The minimum Gasteiger partial charge on any atom is -0.444 e. The maximum atomic E-state index is 11.5. The molecule has 5 heteroatoms. The first kappa shape index (κ1) is 15.0. The highest BCUT2D eigenvalue weighted by Crippen LogP contribution is 2.08. The van der Waals surface area contributed by atoms with Crippen molar-refractivity contribution in [2.45, 2.75) is 32.9 Å². The zero-order chi connectivity index (χ0) is 14.5. The second-order valence-electron chi connectivity index (χ2n) is 5.13. The van der Waals surface area contributed by atoms with Crippen LogP contribution < -0.4 is 10.6 Å². The van der Waals surface area contributed by atoms with Crippen molar-refractivity contribution in [3.8, 4) is 0 Å². The van der Waals surface area contributed by atoms with E-state index in [0.29, 0.717) is 12.1 Å². The van der Waals surface area contributed by atoms with Crippen molar-refractivity contribution in [3.05, 3.63) is 35.4 Å². The molecule has 2 amide bonds.